The lowest BCUT2D eigenvalue weighted by atomic mass is 9.80. The molecule has 1 aromatic carbocycles. The van der Waals surface area contributed by atoms with Gasteiger partial charge in [-0.25, -0.2) is 4.98 Å². The maximum absolute atomic E-state index is 12.9. The highest BCUT2D eigenvalue weighted by atomic mass is 19.4. The summed E-state index contributed by atoms with van der Waals surface area (Å²) >= 11 is 0. The van der Waals surface area contributed by atoms with Crippen molar-refractivity contribution in [1.82, 2.24) is 14.9 Å². The van der Waals surface area contributed by atoms with Crippen molar-refractivity contribution < 1.29 is 23.3 Å². The van der Waals surface area contributed by atoms with Crippen LogP contribution >= 0.6 is 0 Å². The van der Waals surface area contributed by atoms with E-state index in [1.54, 1.807) is 11.2 Å². The number of aromatic amines is 1. The number of nitrogens with zero attached hydrogens (tertiary/aromatic N) is 2. The zero-order valence-corrected chi connectivity index (χ0v) is 14.1. The summed E-state index contributed by atoms with van der Waals surface area (Å²) in [5.74, 6) is -0.344. The SMILES string of the molecule is O=C(c1cccc(C(F)(F)F)c1)N1CCC2(CC1)[NH2+]CCc1[nH]cnc12. The minimum absolute atomic E-state index is 0.0869. The van der Waals surface area contributed by atoms with E-state index in [0.29, 0.717) is 13.1 Å². The number of halogens is 3. The number of carbonyl (C=O) groups is 1. The Bertz CT molecular complexity index is 822. The minimum atomic E-state index is -4.45. The van der Waals surface area contributed by atoms with E-state index < -0.39 is 11.7 Å². The topological polar surface area (TPSA) is 65.6 Å². The van der Waals surface area contributed by atoms with E-state index in [4.69, 9.17) is 0 Å². The Morgan fingerprint density at radius 3 is 2.77 bits per heavy atom. The van der Waals surface area contributed by atoms with Crippen LogP contribution in [0.4, 0.5) is 13.2 Å². The van der Waals surface area contributed by atoms with E-state index in [-0.39, 0.29) is 17.0 Å². The molecular formula is C18H20F3N4O+. The fourth-order valence-electron chi connectivity index (χ4n) is 4.09. The predicted octanol–water partition coefficient (Wildman–Crippen LogP) is 1.68. The molecule has 2 aliphatic rings. The van der Waals surface area contributed by atoms with Gasteiger partial charge in [-0.2, -0.15) is 13.2 Å². The summed E-state index contributed by atoms with van der Waals surface area (Å²) in [4.78, 5) is 22.0. The lowest BCUT2D eigenvalue weighted by molar-refractivity contribution is -0.743. The van der Waals surface area contributed by atoms with Crippen molar-refractivity contribution >= 4 is 5.91 Å². The maximum Gasteiger partial charge on any atom is 0.416 e. The number of nitrogens with one attached hydrogen (secondary N) is 1. The highest BCUT2D eigenvalue weighted by Crippen LogP contribution is 2.33. The number of likely N-dealkylation sites (tertiary alicyclic amines) is 1. The first-order valence-electron chi connectivity index (χ1n) is 8.73. The Kier molecular flexibility index (Phi) is 4.02. The van der Waals surface area contributed by atoms with Crippen LogP contribution in [0, 0.1) is 0 Å². The Hall–Kier alpha value is -2.35. The predicted molar refractivity (Wildman–Crippen MR) is 87.3 cm³/mol. The lowest BCUT2D eigenvalue weighted by Crippen LogP contribution is -2.97. The van der Waals surface area contributed by atoms with Crippen LogP contribution in [0.2, 0.25) is 0 Å². The van der Waals surface area contributed by atoms with Gasteiger partial charge >= 0.3 is 6.18 Å². The molecule has 0 atom stereocenters. The molecule has 1 fully saturated rings. The number of imidazole rings is 1. The molecule has 0 unspecified atom stereocenters. The Morgan fingerprint density at radius 2 is 2.04 bits per heavy atom. The number of H-pyrrole nitrogens is 1. The number of benzene rings is 1. The Labute approximate surface area is 148 Å². The molecule has 26 heavy (non-hydrogen) atoms. The third-order valence-corrected chi connectivity index (χ3v) is 5.50. The number of nitrogens with two attached hydrogens (primary N) is 1. The molecule has 5 nitrogen and oxygen atoms in total. The normalized spacial score (nSPS) is 19.4. The third-order valence-electron chi connectivity index (χ3n) is 5.50. The van der Waals surface area contributed by atoms with E-state index in [2.05, 4.69) is 15.3 Å². The fraction of sp³-hybridized carbons (Fsp3) is 0.444. The van der Waals surface area contributed by atoms with Crippen molar-refractivity contribution in [2.24, 2.45) is 0 Å². The monoisotopic (exact) mass is 365 g/mol. The van der Waals surface area contributed by atoms with Gasteiger partial charge in [-0.1, -0.05) is 6.07 Å². The zero-order chi connectivity index (χ0) is 18.4. The van der Waals surface area contributed by atoms with E-state index in [1.165, 1.54) is 12.1 Å². The van der Waals surface area contributed by atoms with E-state index in [1.807, 2.05) is 0 Å². The standard InChI is InChI=1S/C18H19F3N4O/c19-18(20,21)13-3-1-2-12(10-13)16(26)25-8-5-17(6-9-25)15-14(4-7-24-17)22-11-23-15/h1-3,10-11,24H,4-9H2,(H,22,23)/p+1. The molecule has 1 aromatic heterocycles. The molecule has 4 rings (SSSR count). The van der Waals surface area contributed by atoms with Gasteiger partial charge in [0.15, 0.2) is 0 Å². The van der Waals surface area contributed by atoms with Gasteiger partial charge in [-0.15, -0.1) is 0 Å². The second-order valence-corrected chi connectivity index (χ2v) is 7.00. The van der Waals surface area contributed by atoms with Gasteiger partial charge in [-0.05, 0) is 18.2 Å². The summed E-state index contributed by atoms with van der Waals surface area (Å²) in [5, 5.41) is 2.29. The summed E-state index contributed by atoms with van der Waals surface area (Å²) in [5.41, 5.74) is 1.39. The number of fused-ring (bicyclic) bond motifs is 2. The van der Waals surface area contributed by atoms with Crippen LogP contribution in [0.5, 0.6) is 0 Å². The van der Waals surface area contributed by atoms with Crippen molar-refractivity contribution in [3.05, 3.63) is 53.1 Å². The minimum Gasteiger partial charge on any atom is -0.348 e. The summed E-state index contributed by atoms with van der Waals surface area (Å²) in [6, 6.07) is 4.65. The average molecular weight is 365 g/mol. The van der Waals surface area contributed by atoms with E-state index in [9.17, 15) is 18.0 Å². The summed E-state index contributed by atoms with van der Waals surface area (Å²) in [6.45, 7) is 1.99. The number of piperidine rings is 1. The van der Waals surface area contributed by atoms with Crippen LogP contribution in [0.25, 0.3) is 0 Å². The van der Waals surface area contributed by atoms with Crippen molar-refractivity contribution in [1.29, 1.82) is 0 Å². The van der Waals surface area contributed by atoms with Gasteiger partial charge in [0, 0.05) is 43.6 Å². The molecule has 0 radical (unpaired) electrons. The first kappa shape index (κ1) is 17.1. The summed E-state index contributed by atoms with van der Waals surface area (Å²) in [7, 11) is 0. The zero-order valence-electron chi connectivity index (χ0n) is 14.1. The third kappa shape index (κ3) is 2.88. The van der Waals surface area contributed by atoms with Crippen LogP contribution < -0.4 is 5.32 Å². The molecular weight excluding hydrogens is 345 g/mol. The molecule has 1 spiro atoms. The second-order valence-electron chi connectivity index (χ2n) is 7.00. The van der Waals surface area contributed by atoms with Crippen LogP contribution in [-0.2, 0) is 18.1 Å². The molecule has 8 heteroatoms. The lowest BCUT2D eigenvalue weighted by Gasteiger charge is -2.41. The number of hydrogen-bond acceptors (Lipinski definition) is 2. The van der Waals surface area contributed by atoms with Gasteiger partial charge in [0.1, 0.15) is 11.2 Å². The molecule has 3 N–H and O–H groups in total. The van der Waals surface area contributed by atoms with E-state index in [0.717, 1.165) is 49.3 Å². The summed E-state index contributed by atoms with van der Waals surface area (Å²) < 4.78 is 38.7. The smallest absolute Gasteiger partial charge is 0.348 e. The quantitative estimate of drug-likeness (QED) is 0.808. The number of alkyl halides is 3. The van der Waals surface area contributed by atoms with Crippen molar-refractivity contribution in [3.8, 4) is 0 Å². The molecule has 1 saturated heterocycles. The first-order valence-corrected chi connectivity index (χ1v) is 8.73. The molecule has 0 saturated carbocycles. The van der Waals surface area contributed by atoms with Crippen LogP contribution in [-0.4, -0.2) is 40.4 Å². The van der Waals surface area contributed by atoms with Crippen LogP contribution in [0.15, 0.2) is 30.6 Å². The molecule has 138 valence electrons. The number of hydrogen-bond donors (Lipinski definition) is 2. The number of carbonyl (C=O) groups excluding carboxylic acids is 1. The first-order chi connectivity index (χ1) is 12.4. The van der Waals surface area contributed by atoms with Crippen LogP contribution in [0.1, 0.15) is 40.2 Å². The average Bonchev–Trinajstić information content (AvgIpc) is 3.12. The number of amides is 1. The number of aromatic nitrogens is 2. The van der Waals surface area contributed by atoms with Crippen molar-refractivity contribution in [3.63, 3.8) is 0 Å². The van der Waals surface area contributed by atoms with Gasteiger partial charge in [0.05, 0.1) is 18.4 Å². The molecule has 2 aliphatic heterocycles. The van der Waals surface area contributed by atoms with Gasteiger partial charge < -0.3 is 15.2 Å². The maximum atomic E-state index is 12.9. The highest BCUT2D eigenvalue weighted by Gasteiger charge is 2.45. The van der Waals surface area contributed by atoms with Gasteiger partial charge in [0.25, 0.3) is 5.91 Å². The summed E-state index contributed by atoms with van der Waals surface area (Å²) in [6.07, 6.45) is -0.295. The Morgan fingerprint density at radius 1 is 1.27 bits per heavy atom. The van der Waals surface area contributed by atoms with Crippen LogP contribution in [0.3, 0.4) is 0 Å². The largest absolute Gasteiger partial charge is 0.416 e. The highest BCUT2D eigenvalue weighted by molar-refractivity contribution is 5.94. The molecule has 3 heterocycles. The van der Waals surface area contributed by atoms with Crippen molar-refractivity contribution in [2.75, 3.05) is 19.6 Å². The number of rotatable bonds is 1. The Balaban J connectivity index is 1.50. The van der Waals surface area contributed by atoms with Gasteiger partial charge in [-0.3, -0.25) is 4.79 Å². The molecule has 0 bridgehead atoms. The second kappa shape index (κ2) is 6.12. The molecule has 1 amide bonds. The number of quaternary nitrogens is 1. The molecule has 2 aromatic rings. The molecule has 0 aliphatic carbocycles. The van der Waals surface area contributed by atoms with Crippen molar-refractivity contribution in [2.45, 2.75) is 31.0 Å². The van der Waals surface area contributed by atoms with Gasteiger partial charge in [0.2, 0.25) is 0 Å². The van der Waals surface area contributed by atoms with E-state index >= 15 is 0 Å². The fourth-order valence-corrected chi connectivity index (χ4v) is 4.09.